The lowest BCUT2D eigenvalue weighted by molar-refractivity contribution is -0.140. The summed E-state index contributed by atoms with van der Waals surface area (Å²) in [4.78, 5) is 13.3. The summed E-state index contributed by atoms with van der Waals surface area (Å²) < 4.78 is 10.4. The molecular weight excluding hydrogens is 298 g/mol. The lowest BCUT2D eigenvalue weighted by Gasteiger charge is -2.21. The van der Waals surface area contributed by atoms with E-state index in [0.717, 1.165) is 24.4 Å². The first-order valence-corrected chi connectivity index (χ1v) is 6.77. The fraction of sp³-hybridized carbons (Fsp3) is 0.462. The van der Waals surface area contributed by atoms with Crippen molar-refractivity contribution in [3.8, 4) is 5.75 Å². The molecule has 0 spiro atoms. The molecule has 0 radical (unpaired) electrons. The van der Waals surface area contributed by atoms with Crippen molar-refractivity contribution in [2.24, 2.45) is 0 Å². The van der Waals surface area contributed by atoms with E-state index in [2.05, 4.69) is 26.9 Å². The van der Waals surface area contributed by atoms with Gasteiger partial charge in [-0.1, -0.05) is 34.1 Å². The average molecular weight is 314 g/mol. The molecule has 0 bridgehead atoms. The standard InChI is InChI=1S/C13H16BrNO3/c1-17-13(16)11(14)9-15-6-7-18-12-5-3-2-4-10(12)8-15/h2-5,11H,6-9H2,1H3. The molecule has 0 N–H and O–H groups in total. The number of carbonyl (C=O) groups excluding carboxylic acids is 1. The maximum atomic E-state index is 11.4. The quantitative estimate of drug-likeness (QED) is 0.630. The van der Waals surface area contributed by atoms with E-state index in [-0.39, 0.29) is 10.8 Å². The van der Waals surface area contributed by atoms with E-state index in [4.69, 9.17) is 9.47 Å². The maximum Gasteiger partial charge on any atom is 0.320 e. The SMILES string of the molecule is COC(=O)C(Br)CN1CCOc2ccccc2C1. The van der Waals surface area contributed by atoms with Crippen LogP contribution < -0.4 is 4.74 Å². The molecule has 1 unspecified atom stereocenters. The summed E-state index contributed by atoms with van der Waals surface area (Å²) in [5, 5.41) is 0. The first-order chi connectivity index (χ1) is 8.70. The summed E-state index contributed by atoms with van der Waals surface area (Å²) in [5.41, 5.74) is 1.15. The molecule has 1 aliphatic rings. The normalized spacial score (nSPS) is 17.2. The number of halogens is 1. The van der Waals surface area contributed by atoms with Gasteiger partial charge in [-0.2, -0.15) is 0 Å². The third-order valence-corrected chi connectivity index (χ3v) is 3.57. The Morgan fingerprint density at radius 3 is 3.11 bits per heavy atom. The molecule has 5 heteroatoms. The van der Waals surface area contributed by atoms with Gasteiger partial charge in [0.2, 0.25) is 0 Å². The maximum absolute atomic E-state index is 11.4. The van der Waals surface area contributed by atoms with Gasteiger partial charge >= 0.3 is 5.97 Å². The van der Waals surface area contributed by atoms with Crippen molar-refractivity contribution in [3.05, 3.63) is 29.8 Å². The molecule has 1 aliphatic heterocycles. The smallest absolute Gasteiger partial charge is 0.320 e. The van der Waals surface area contributed by atoms with Crippen LogP contribution in [0.1, 0.15) is 5.56 Å². The van der Waals surface area contributed by atoms with Crippen molar-refractivity contribution < 1.29 is 14.3 Å². The minimum Gasteiger partial charge on any atom is -0.492 e. The van der Waals surface area contributed by atoms with E-state index in [1.165, 1.54) is 7.11 Å². The van der Waals surface area contributed by atoms with Crippen LogP contribution in [-0.2, 0) is 16.1 Å². The molecule has 1 heterocycles. The Morgan fingerprint density at radius 2 is 2.33 bits per heavy atom. The van der Waals surface area contributed by atoms with Crippen molar-refractivity contribution in [2.45, 2.75) is 11.4 Å². The number of ether oxygens (including phenoxy) is 2. The summed E-state index contributed by atoms with van der Waals surface area (Å²) in [5.74, 6) is 0.692. The Bertz CT molecular complexity index is 424. The van der Waals surface area contributed by atoms with Crippen molar-refractivity contribution in [3.63, 3.8) is 0 Å². The molecule has 1 aromatic carbocycles. The zero-order valence-electron chi connectivity index (χ0n) is 10.3. The molecule has 2 rings (SSSR count). The van der Waals surface area contributed by atoms with Crippen LogP contribution in [0.5, 0.6) is 5.75 Å². The molecule has 0 fully saturated rings. The highest BCUT2D eigenvalue weighted by molar-refractivity contribution is 9.10. The van der Waals surface area contributed by atoms with E-state index in [0.29, 0.717) is 13.2 Å². The number of benzene rings is 1. The van der Waals surface area contributed by atoms with Gasteiger partial charge in [-0.05, 0) is 6.07 Å². The van der Waals surface area contributed by atoms with E-state index in [1.807, 2.05) is 18.2 Å². The fourth-order valence-electron chi connectivity index (χ4n) is 1.96. The average Bonchev–Trinajstić information content (AvgIpc) is 2.59. The van der Waals surface area contributed by atoms with Gasteiger partial charge in [0.05, 0.1) is 7.11 Å². The number of rotatable bonds is 3. The Kier molecular flexibility index (Phi) is 4.60. The minimum atomic E-state index is -0.298. The third kappa shape index (κ3) is 3.23. The fourth-order valence-corrected chi connectivity index (χ4v) is 2.56. The Labute approximate surface area is 115 Å². The molecule has 1 aromatic rings. The monoisotopic (exact) mass is 313 g/mol. The number of alkyl halides is 1. The van der Waals surface area contributed by atoms with Crippen LogP contribution in [0, 0.1) is 0 Å². The highest BCUT2D eigenvalue weighted by Crippen LogP contribution is 2.22. The van der Waals surface area contributed by atoms with Crippen LogP contribution in [0.25, 0.3) is 0 Å². The topological polar surface area (TPSA) is 38.8 Å². The van der Waals surface area contributed by atoms with Crippen LogP contribution in [0.15, 0.2) is 24.3 Å². The molecule has 4 nitrogen and oxygen atoms in total. The number of nitrogens with zero attached hydrogens (tertiary/aromatic N) is 1. The number of hydrogen-bond donors (Lipinski definition) is 0. The molecule has 0 aromatic heterocycles. The highest BCUT2D eigenvalue weighted by Gasteiger charge is 2.21. The zero-order valence-corrected chi connectivity index (χ0v) is 11.9. The second kappa shape index (κ2) is 6.20. The predicted octanol–water partition coefficient (Wildman–Crippen LogP) is 1.82. The first kappa shape index (κ1) is 13.4. The van der Waals surface area contributed by atoms with Crippen LogP contribution in [-0.4, -0.2) is 42.5 Å². The Morgan fingerprint density at radius 1 is 1.56 bits per heavy atom. The van der Waals surface area contributed by atoms with Crippen molar-refractivity contribution >= 4 is 21.9 Å². The summed E-state index contributed by atoms with van der Waals surface area (Å²) in [6, 6.07) is 7.99. The number of para-hydroxylation sites is 1. The van der Waals surface area contributed by atoms with Crippen molar-refractivity contribution in [1.82, 2.24) is 4.90 Å². The van der Waals surface area contributed by atoms with Crippen LogP contribution in [0.2, 0.25) is 0 Å². The molecule has 98 valence electrons. The van der Waals surface area contributed by atoms with Crippen LogP contribution in [0.3, 0.4) is 0 Å². The molecule has 0 amide bonds. The second-order valence-corrected chi connectivity index (χ2v) is 5.29. The zero-order chi connectivity index (χ0) is 13.0. The second-order valence-electron chi connectivity index (χ2n) is 4.18. The van der Waals surface area contributed by atoms with Gasteiger partial charge in [0.15, 0.2) is 0 Å². The number of hydrogen-bond acceptors (Lipinski definition) is 4. The minimum absolute atomic E-state index is 0.242. The number of carbonyl (C=O) groups is 1. The molecule has 0 saturated heterocycles. The van der Waals surface area contributed by atoms with E-state index in [9.17, 15) is 4.79 Å². The summed E-state index contributed by atoms with van der Waals surface area (Å²) in [7, 11) is 1.40. The Balaban J connectivity index is 2.02. The third-order valence-electron chi connectivity index (χ3n) is 2.91. The molecule has 1 atom stereocenters. The van der Waals surface area contributed by atoms with Gasteiger partial charge in [-0.3, -0.25) is 9.69 Å². The van der Waals surface area contributed by atoms with E-state index >= 15 is 0 Å². The first-order valence-electron chi connectivity index (χ1n) is 5.85. The number of methoxy groups -OCH3 is 1. The highest BCUT2D eigenvalue weighted by atomic mass is 79.9. The van der Waals surface area contributed by atoms with Gasteiger partial charge in [0.1, 0.15) is 17.2 Å². The molecule has 18 heavy (non-hydrogen) atoms. The van der Waals surface area contributed by atoms with Gasteiger partial charge < -0.3 is 9.47 Å². The lowest BCUT2D eigenvalue weighted by atomic mass is 10.2. The lowest BCUT2D eigenvalue weighted by Crippen LogP contribution is -2.35. The molecule has 0 aliphatic carbocycles. The van der Waals surface area contributed by atoms with Gasteiger partial charge in [-0.15, -0.1) is 0 Å². The summed E-state index contributed by atoms with van der Waals surface area (Å²) in [6.07, 6.45) is 0. The molecular formula is C13H16BrNO3. The van der Waals surface area contributed by atoms with E-state index in [1.54, 1.807) is 0 Å². The molecule has 0 saturated carbocycles. The van der Waals surface area contributed by atoms with Crippen molar-refractivity contribution in [2.75, 3.05) is 26.8 Å². The van der Waals surface area contributed by atoms with Gasteiger partial charge in [0, 0.05) is 25.2 Å². The number of esters is 1. The Hall–Kier alpha value is -1.07. The predicted molar refractivity (Wildman–Crippen MR) is 71.9 cm³/mol. The summed E-state index contributed by atoms with van der Waals surface area (Å²) >= 11 is 3.35. The van der Waals surface area contributed by atoms with Crippen molar-refractivity contribution in [1.29, 1.82) is 0 Å². The van der Waals surface area contributed by atoms with Crippen LogP contribution >= 0.6 is 15.9 Å². The number of fused-ring (bicyclic) bond motifs is 1. The summed E-state index contributed by atoms with van der Waals surface area (Å²) in [6.45, 7) is 2.84. The van der Waals surface area contributed by atoms with Gasteiger partial charge in [-0.25, -0.2) is 0 Å². The van der Waals surface area contributed by atoms with E-state index < -0.39 is 0 Å². The van der Waals surface area contributed by atoms with Crippen LogP contribution in [0.4, 0.5) is 0 Å². The van der Waals surface area contributed by atoms with Gasteiger partial charge in [0.25, 0.3) is 0 Å². The largest absolute Gasteiger partial charge is 0.492 e.